The highest BCUT2D eigenvalue weighted by Gasteiger charge is 2.40. The second kappa shape index (κ2) is 7.43. The topological polar surface area (TPSA) is 76.9 Å². The first kappa shape index (κ1) is 18.0. The summed E-state index contributed by atoms with van der Waals surface area (Å²) < 4.78 is 0. The molecule has 3 atom stereocenters. The van der Waals surface area contributed by atoms with Gasteiger partial charge in [-0.3, -0.25) is 14.6 Å². The SMILES string of the molecule is O=C(C[C@H]1C[C@@H]2CC[C@H]1C2)Nn1nc(Cc2ccncc2)c2ccccc2c1=O. The number of hydrogen-bond acceptors (Lipinski definition) is 4. The van der Waals surface area contributed by atoms with Crippen LogP contribution in [0.3, 0.4) is 0 Å². The summed E-state index contributed by atoms with van der Waals surface area (Å²) in [4.78, 5) is 30.8. The molecule has 0 radical (unpaired) electrons. The molecule has 2 fully saturated rings. The number of carbonyl (C=O) groups is 1. The van der Waals surface area contributed by atoms with E-state index in [-0.39, 0.29) is 11.5 Å². The van der Waals surface area contributed by atoms with E-state index in [0.29, 0.717) is 30.1 Å². The molecule has 6 heteroatoms. The van der Waals surface area contributed by atoms with E-state index < -0.39 is 0 Å². The molecule has 148 valence electrons. The number of fused-ring (bicyclic) bond motifs is 3. The van der Waals surface area contributed by atoms with Gasteiger partial charge < -0.3 is 0 Å². The summed E-state index contributed by atoms with van der Waals surface area (Å²) in [7, 11) is 0. The van der Waals surface area contributed by atoms with Crippen LogP contribution in [0.4, 0.5) is 0 Å². The van der Waals surface area contributed by atoms with Crippen LogP contribution in [0.25, 0.3) is 10.8 Å². The Labute approximate surface area is 168 Å². The summed E-state index contributed by atoms with van der Waals surface area (Å²) in [5.74, 6) is 1.80. The molecule has 0 aliphatic heterocycles. The van der Waals surface area contributed by atoms with E-state index in [0.717, 1.165) is 33.8 Å². The van der Waals surface area contributed by atoms with Crippen molar-refractivity contribution in [1.29, 1.82) is 0 Å². The Balaban J connectivity index is 1.43. The molecule has 2 aromatic heterocycles. The van der Waals surface area contributed by atoms with Crippen LogP contribution in [0, 0.1) is 17.8 Å². The summed E-state index contributed by atoms with van der Waals surface area (Å²) in [6.07, 6.45) is 9.48. The van der Waals surface area contributed by atoms with Crippen molar-refractivity contribution in [3.63, 3.8) is 0 Å². The average Bonchev–Trinajstić information content (AvgIpc) is 3.35. The molecule has 2 saturated carbocycles. The number of aromatic nitrogens is 3. The molecule has 29 heavy (non-hydrogen) atoms. The van der Waals surface area contributed by atoms with Crippen LogP contribution in [0.2, 0.25) is 0 Å². The quantitative estimate of drug-likeness (QED) is 0.728. The van der Waals surface area contributed by atoms with Gasteiger partial charge in [0.15, 0.2) is 0 Å². The van der Waals surface area contributed by atoms with Crippen molar-refractivity contribution in [1.82, 2.24) is 14.9 Å². The minimum Gasteiger partial charge on any atom is -0.273 e. The van der Waals surface area contributed by atoms with Gasteiger partial charge in [0, 0.05) is 30.6 Å². The van der Waals surface area contributed by atoms with Gasteiger partial charge in [-0.1, -0.05) is 24.6 Å². The van der Waals surface area contributed by atoms with E-state index >= 15 is 0 Å². The van der Waals surface area contributed by atoms with Gasteiger partial charge in [-0.25, -0.2) is 5.43 Å². The van der Waals surface area contributed by atoms with Gasteiger partial charge in [-0.15, -0.1) is 4.79 Å². The zero-order valence-corrected chi connectivity index (χ0v) is 16.3. The third-order valence-corrected chi connectivity index (χ3v) is 6.57. The van der Waals surface area contributed by atoms with Crippen molar-refractivity contribution in [2.45, 2.75) is 38.5 Å². The van der Waals surface area contributed by atoms with Crippen LogP contribution in [0.15, 0.2) is 53.6 Å². The molecule has 2 bridgehead atoms. The lowest BCUT2D eigenvalue weighted by Gasteiger charge is -2.21. The van der Waals surface area contributed by atoms with Crippen LogP contribution in [0.1, 0.15) is 43.4 Å². The number of rotatable bonds is 5. The minimum absolute atomic E-state index is 0.123. The zero-order valence-electron chi connectivity index (χ0n) is 16.3. The average molecular weight is 388 g/mol. The van der Waals surface area contributed by atoms with Gasteiger partial charge in [0.1, 0.15) is 0 Å². The number of amides is 1. The maximum Gasteiger partial charge on any atom is 0.294 e. The van der Waals surface area contributed by atoms with Gasteiger partial charge in [0.25, 0.3) is 5.56 Å². The molecule has 2 aliphatic rings. The highest BCUT2D eigenvalue weighted by Crippen LogP contribution is 2.49. The summed E-state index contributed by atoms with van der Waals surface area (Å²) in [5.41, 5.74) is 4.27. The highest BCUT2D eigenvalue weighted by atomic mass is 16.2. The molecule has 1 amide bonds. The van der Waals surface area contributed by atoms with Crippen molar-refractivity contribution < 1.29 is 4.79 Å². The lowest BCUT2D eigenvalue weighted by atomic mass is 9.86. The largest absolute Gasteiger partial charge is 0.294 e. The number of carbonyl (C=O) groups excluding carboxylic acids is 1. The first-order valence-corrected chi connectivity index (χ1v) is 10.4. The van der Waals surface area contributed by atoms with Crippen molar-refractivity contribution in [2.75, 3.05) is 5.43 Å². The number of pyridine rings is 1. The number of hydrogen-bond donors (Lipinski definition) is 1. The zero-order chi connectivity index (χ0) is 19.8. The Hall–Kier alpha value is -3.02. The Bertz CT molecular complexity index is 1110. The first-order valence-electron chi connectivity index (χ1n) is 10.4. The first-order chi connectivity index (χ1) is 14.2. The van der Waals surface area contributed by atoms with Gasteiger partial charge in [-0.05, 0) is 60.8 Å². The Morgan fingerprint density at radius 2 is 1.86 bits per heavy atom. The van der Waals surface area contributed by atoms with Crippen molar-refractivity contribution in [2.24, 2.45) is 17.8 Å². The van der Waals surface area contributed by atoms with Gasteiger partial charge in [0.2, 0.25) is 5.91 Å². The number of nitrogens with zero attached hydrogens (tertiary/aromatic N) is 3. The molecule has 2 aliphatic carbocycles. The molecule has 1 N–H and O–H groups in total. The van der Waals surface area contributed by atoms with Crippen LogP contribution in [0.5, 0.6) is 0 Å². The minimum atomic E-state index is -0.291. The van der Waals surface area contributed by atoms with E-state index in [1.54, 1.807) is 18.5 Å². The van der Waals surface area contributed by atoms with Crippen LogP contribution in [-0.2, 0) is 11.2 Å². The standard InChI is InChI=1S/C23H24N4O2/c28-22(14-18-12-16-5-6-17(18)11-16)26-27-23(29)20-4-2-1-3-19(20)21(25-27)13-15-7-9-24-10-8-15/h1-4,7-10,16-18H,5-6,11-14H2,(H,26,28)/t16-,17+,18-/m1/s1. The molecule has 0 saturated heterocycles. The van der Waals surface area contributed by atoms with E-state index in [1.807, 2.05) is 30.3 Å². The fourth-order valence-corrected chi connectivity index (χ4v) is 5.18. The fraction of sp³-hybridized carbons (Fsp3) is 0.391. The second-order valence-corrected chi connectivity index (χ2v) is 8.42. The molecular weight excluding hydrogens is 364 g/mol. The normalized spacial score (nSPS) is 22.8. The van der Waals surface area contributed by atoms with Crippen molar-refractivity contribution in [3.05, 3.63) is 70.4 Å². The van der Waals surface area contributed by atoms with E-state index in [1.165, 1.54) is 19.3 Å². The summed E-state index contributed by atoms with van der Waals surface area (Å²) in [6.45, 7) is 0. The molecule has 6 nitrogen and oxygen atoms in total. The molecule has 5 rings (SSSR count). The molecule has 0 spiro atoms. The lowest BCUT2D eigenvalue weighted by Crippen LogP contribution is -2.37. The van der Waals surface area contributed by atoms with E-state index in [2.05, 4.69) is 15.5 Å². The van der Waals surface area contributed by atoms with Crippen LogP contribution >= 0.6 is 0 Å². The Morgan fingerprint density at radius 3 is 2.59 bits per heavy atom. The second-order valence-electron chi connectivity index (χ2n) is 8.42. The van der Waals surface area contributed by atoms with Crippen LogP contribution in [-0.4, -0.2) is 20.8 Å². The highest BCUT2D eigenvalue weighted by molar-refractivity contribution is 5.86. The van der Waals surface area contributed by atoms with Crippen LogP contribution < -0.4 is 11.0 Å². The van der Waals surface area contributed by atoms with Crippen molar-refractivity contribution >= 4 is 16.7 Å². The predicted molar refractivity (Wildman–Crippen MR) is 111 cm³/mol. The molecule has 3 aromatic rings. The fourth-order valence-electron chi connectivity index (χ4n) is 5.18. The maximum atomic E-state index is 12.9. The number of nitrogens with one attached hydrogen (secondary N) is 1. The third kappa shape index (κ3) is 3.55. The van der Waals surface area contributed by atoms with Gasteiger partial charge >= 0.3 is 0 Å². The smallest absolute Gasteiger partial charge is 0.273 e. The summed E-state index contributed by atoms with van der Waals surface area (Å²) >= 11 is 0. The van der Waals surface area contributed by atoms with Gasteiger partial charge in [-0.2, -0.15) is 5.10 Å². The monoisotopic (exact) mass is 388 g/mol. The summed E-state index contributed by atoms with van der Waals surface area (Å²) in [6, 6.07) is 11.3. The van der Waals surface area contributed by atoms with Gasteiger partial charge in [0.05, 0.1) is 11.1 Å². The Morgan fingerprint density at radius 1 is 1.07 bits per heavy atom. The predicted octanol–water partition coefficient (Wildman–Crippen LogP) is 3.28. The molecular formula is C23H24N4O2. The molecule has 0 unspecified atom stereocenters. The maximum absolute atomic E-state index is 12.9. The summed E-state index contributed by atoms with van der Waals surface area (Å²) in [5, 5.41) is 5.88. The molecule has 1 aromatic carbocycles. The Kier molecular flexibility index (Phi) is 4.62. The number of benzene rings is 1. The van der Waals surface area contributed by atoms with E-state index in [4.69, 9.17) is 0 Å². The van der Waals surface area contributed by atoms with E-state index in [9.17, 15) is 9.59 Å². The third-order valence-electron chi connectivity index (χ3n) is 6.57. The lowest BCUT2D eigenvalue weighted by molar-refractivity contribution is -0.118. The van der Waals surface area contributed by atoms with Crippen molar-refractivity contribution in [3.8, 4) is 0 Å². The molecule has 2 heterocycles.